The van der Waals surface area contributed by atoms with E-state index < -0.39 is 0 Å². The van der Waals surface area contributed by atoms with Gasteiger partial charge < -0.3 is 10.0 Å². The van der Waals surface area contributed by atoms with Crippen LogP contribution in [0.4, 0.5) is 0 Å². The first-order chi connectivity index (χ1) is 10.1. The lowest BCUT2D eigenvalue weighted by Crippen LogP contribution is -2.45. The van der Waals surface area contributed by atoms with Crippen LogP contribution in [0.15, 0.2) is 6.07 Å². The zero-order valence-corrected chi connectivity index (χ0v) is 13.6. The Bertz CT molecular complexity index is 485. The lowest BCUT2D eigenvalue weighted by atomic mass is 9.96. The number of piperidine rings is 1. The summed E-state index contributed by atoms with van der Waals surface area (Å²) in [6.07, 6.45) is 7.91. The van der Waals surface area contributed by atoms with E-state index in [1.54, 1.807) is 11.3 Å². The molecule has 0 bridgehead atoms. The molecule has 2 unspecified atom stereocenters. The molecule has 1 aliphatic carbocycles. The van der Waals surface area contributed by atoms with Gasteiger partial charge in [0.25, 0.3) is 5.91 Å². The minimum atomic E-state index is -0.372. The highest BCUT2D eigenvalue weighted by molar-refractivity contribution is 7.14. The molecule has 1 amide bonds. The normalized spacial score (nSPS) is 26.9. The Morgan fingerprint density at radius 1 is 1.29 bits per heavy atom. The summed E-state index contributed by atoms with van der Waals surface area (Å²) in [4.78, 5) is 16.8. The van der Waals surface area contributed by atoms with Crippen LogP contribution in [0, 0.1) is 5.92 Å². The van der Waals surface area contributed by atoms with E-state index in [1.165, 1.54) is 36.1 Å². The van der Waals surface area contributed by atoms with E-state index in [0.717, 1.165) is 30.7 Å². The van der Waals surface area contributed by atoms with Gasteiger partial charge in [0.05, 0.1) is 11.0 Å². The van der Waals surface area contributed by atoms with E-state index in [9.17, 15) is 9.90 Å². The molecule has 3 rings (SSSR count). The number of amides is 1. The van der Waals surface area contributed by atoms with Crippen molar-refractivity contribution >= 4 is 17.2 Å². The molecule has 116 valence electrons. The van der Waals surface area contributed by atoms with Crippen molar-refractivity contribution in [2.75, 3.05) is 13.1 Å². The molecule has 3 nitrogen and oxygen atoms in total. The van der Waals surface area contributed by atoms with E-state index in [1.807, 2.05) is 4.90 Å². The van der Waals surface area contributed by atoms with Gasteiger partial charge in [0.1, 0.15) is 0 Å². The number of rotatable bonds is 1. The van der Waals surface area contributed by atoms with Crippen LogP contribution < -0.4 is 0 Å². The Labute approximate surface area is 131 Å². The second-order valence-corrected chi connectivity index (χ2v) is 7.69. The van der Waals surface area contributed by atoms with Gasteiger partial charge in [-0.05, 0) is 49.7 Å². The standard InChI is InChI=1S/C17H25NO2S/c1-12-8-9-18(11-14(12)19)17(20)16-10-13-6-4-2-3-5-7-15(13)21-16/h10,12,14,19H,2-9,11H2,1H3. The highest BCUT2D eigenvalue weighted by atomic mass is 32.1. The number of fused-ring (bicyclic) bond motifs is 1. The zero-order chi connectivity index (χ0) is 14.8. The summed E-state index contributed by atoms with van der Waals surface area (Å²) in [7, 11) is 0. The Morgan fingerprint density at radius 3 is 2.81 bits per heavy atom. The molecule has 1 aliphatic heterocycles. The van der Waals surface area contributed by atoms with Gasteiger partial charge in [-0.1, -0.05) is 19.8 Å². The summed E-state index contributed by atoms with van der Waals surface area (Å²) in [5, 5.41) is 9.99. The Kier molecular flexibility index (Phi) is 4.65. The van der Waals surface area contributed by atoms with Gasteiger partial charge in [0, 0.05) is 18.0 Å². The van der Waals surface area contributed by atoms with Crippen molar-refractivity contribution in [3.8, 4) is 0 Å². The van der Waals surface area contributed by atoms with Crippen LogP contribution in [0.2, 0.25) is 0 Å². The van der Waals surface area contributed by atoms with E-state index in [0.29, 0.717) is 12.5 Å². The Balaban J connectivity index is 1.74. The molecule has 2 atom stereocenters. The van der Waals surface area contributed by atoms with Crippen molar-refractivity contribution in [2.45, 2.75) is 58.0 Å². The molecule has 21 heavy (non-hydrogen) atoms. The number of hydrogen-bond donors (Lipinski definition) is 1. The molecule has 0 aromatic carbocycles. The molecule has 1 N–H and O–H groups in total. The predicted molar refractivity (Wildman–Crippen MR) is 85.9 cm³/mol. The van der Waals surface area contributed by atoms with Crippen LogP contribution in [0.25, 0.3) is 0 Å². The first kappa shape index (κ1) is 15.0. The highest BCUT2D eigenvalue weighted by Gasteiger charge is 2.29. The van der Waals surface area contributed by atoms with Crippen molar-refractivity contribution in [1.82, 2.24) is 4.90 Å². The lowest BCUT2D eigenvalue weighted by Gasteiger charge is -2.34. The number of carbonyl (C=O) groups is 1. The zero-order valence-electron chi connectivity index (χ0n) is 12.8. The largest absolute Gasteiger partial charge is 0.391 e. The summed E-state index contributed by atoms with van der Waals surface area (Å²) in [6.45, 7) is 3.32. The first-order valence-corrected chi connectivity index (χ1v) is 9.05. The van der Waals surface area contributed by atoms with Gasteiger partial charge in [-0.3, -0.25) is 4.79 Å². The first-order valence-electron chi connectivity index (χ1n) is 8.24. The van der Waals surface area contributed by atoms with Crippen molar-refractivity contribution in [3.05, 3.63) is 21.4 Å². The number of hydrogen-bond acceptors (Lipinski definition) is 3. The van der Waals surface area contributed by atoms with Crippen LogP contribution in [-0.2, 0) is 12.8 Å². The minimum Gasteiger partial charge on any atom is -0.391 e. The molecule has 0 spiro atoms. The van der Waals surface area contributed by atoms with Gasteiger partial charge in [0.15, 0.2) is 0 Å². The van der Waals surface area contributed by atoms with Crippen LogP contribution in [-0.4, -0.2) is 35.1 Å². The van der Waals surface area contributed by atoms with E-state index >= 15 is 0 Å². The summed E-state index contributed by atoms with van der Waals surface area (Å²) in [5.74, 6) is 0.426. The molecule has 4 heteroatoms. The maximum Gasteiger partial charge on any atom is 0.264 e. The van der Waals surface area contributed by atoms with Crippen molar-refractivity contribution in [1.29, 1.82) is 0 Å². The molecule has 1 aromatic heterocycles. The van der Waals surface area contributed by atoms with Crippen LogP contribution >= 0.6 is 11.3 Å². The number of aliphatic hydroxyl groups is 1. The number of likely N-dealkylation sites (tertiary alicyclic amines) is 1. The fraction of sp³-hybridized carbons (Fsp3) is 0.706. The minimum absolute atomic E-state index is 0.123. The maximum absolute atomic E-state index is 12.7. The fourth-order valence-corrected chi connectivity index (χ4v) is 4.56. The summed E-state index contributed by atoms with van der Waals surface area (Å²) < 4.78 is 0. The van der Waals surface area contributed by atoms with Crippen molar-refractivity contribution in [2.24, 2.45) is 5.92 Å². The third-order valence-corrected chi connectivity index (χ3v) is 6.14. The number of thiophene rings is 1. The predicted octanol–water partition coefficient (Wildman–Crippen LogP) is 3.25. The van der Waals surface area contributed by atoms with Crippen LogP contribution in [0.5, 0.6) is 0 Å². The molecular weight excluding hydrogens is 282 g/mol. The molecule has 2 heterocycles. The number of aliphatic hydroxyl groups excluding tert-OH is 1. The Morgan fingerprint density at radius 2 is 2.05 bits per heavy atom. The second-order valence-electron chi connectivity index (χ2n) is 6.56. The second kappa shape index (κ2) is 6.49. The van der Waals surface area contributed by atoms with Crippen molar-refractivity contribution in [3.63, 3.8) is 0 Å². The van der Waals surface area contributed by atoms with Gasteiger partial charge in [-0.2, -0.15) is 0 Å². The molecule has 0 saturated carbocycles. The van der Waals surface area contributed by atoms with E-state index in [2.05, 4.69) is 13.0 Å². The van der Waals surface area contributed by atoms with Gasteiger partial charge in [0.2, 0.25) is 0 Å². The average molecular weight is 307 g/mol. The third-order valence-electron chi connectivity index (χ3n) is 4.91. The quantitative estimate of drug-likeness (QED) is 0.865. The van der Waals surface area contributed by atoms with Gasteiger partial charge in [-0.15, -0.1) is 11.3 Å². The topological polar surface area (TPSA) is 40.5 Å². The van der Waals surface area contributed by atoms with E-state index in [-0.39, 0.29) is 12.0 Å². The summed E-state index contributed by atoms with van der Waals surface area (Å²) >= 11 is 1.69. The van der Waals surface area contributed by atoms with Crippen molar-refractivity contribution < 1.29 is 9.90 Å². The third kappa shape index (κ3) is 3.32. The number of β-amino-alcohol motifs (C(OH)–C–C–N with tert-alkyl or cyclic N) is 1. The number of nitrogens with zero attached hydrogens (tertiary/aromatic N) is 1. The SMILES string of the molecule is CC1CCN(C(=O)c2cc3c(s2)CCCCCC3)CC1O. The van der Waals surface area contributed by atoms with Crippen LogP contribution in [0.3, 0.4) is 0 Å². The lowest BCUT2D eigenvalue weighted by molar-refractivity contribution is 0.0251. The number of aryl methyl sites for hydroxylation is 2. The molecule has 1 fully saturated rings. The van der Waals surface area contributed by atoms with Gasteiger partial charge in [-0.25, -0.2) is 0 Å². The smallest absolute Gasteiger partial charge is 0.264 e. The molecular formula is C17H25NO2S. The van der Waals surface area contributed by atoms with Crippen LogP contribution in [0.1, 0.15) is 59.1 Å². The molecule has 2 aliphatic rings. The number of carbonyl (C=O) groups excluding carboxylic acids is 1. The maximum atomic E-state index is 12.7. The fourth-order valence-electron chi connectivity index (χ4n) is 3.34. The molecule has 1 saturated heterocycles. The summed E-state index contributed by atoms with van der Waals surface area (Å²) in [5.41, 5.74) is 1.40. The molecule has 1 aromatic rings. The molecule has 0 radical (unpaired) electrons. The summed E-state index contributed by atoms with van der Waals surface area (Å²) in [6, 6.07) is 2.12. The average Bonchev–Trinajstić information content (AvgIpc) is 2.83. The Hall–Kier alpha value is -0.870. The highest BCUT2D eigenvalue weighted by Crippen LogP contribution is 2.30. The monoisotopic (exact) mass is 307 g/mol. The van der Waals surface area contributed by atoms with Gasteiger partial charge >= 0.3 is 0 Å². The van der Waals surface area contributed by atoms with E-state index in [4.69, 9.17) is 0 Å².